The summed E-state index contributed by atoms with van der Waals surface area (Å²) in [5.74, 6) is -2.29. The van der Waals surface area contributed by atoms with Crippen LogP contribution in [-0.4, -0.2) is 38.5 Å². The molecule has 2 unspecified atom stereocenters. The van der Waals surface area contributed by atoms with Crippen molar-refractivity contribution in [3.63, 3.8) is 0 Å². The molecule has 0 saturated heterocycles. The van der Waals surface area contributed by atoms with Crippen LogP contribution in [0.1, 0.15) is 29.6 Å². The van der Waals surface area contributed by atoms with Gasteiger partial charge in [0.05, 0.1) is 12.1 Å². The lowest BCUT2D eigenvalue weighted by atomic mass is 10.1. The first-order chi connectivity index (χ1) is 8.49. The predicted octanol–water partition coefficient (Wildman–Crippen LogP) is 0.447. The van der Waals surface area contributed by atoms with Gasteiger partial charge in [0.1, 0.15) is 0 Å². The van der Waals surface area contributed by atoms with E-state index in [9.17, 15) is 20.1 Å². The molecule has 0 radical (unpaired) electrons. The number of nitrogens with one attached hydrogen (secondary N) is 1. The molecule has 98 valence electrons. The Bertz CT molecular complexity index is 451. The largest absolute Gasteiger partial charge is 0.504 e. The van der Waals surface area contributed by atoms with E-state index in [-0.39, 0.29) is 11.6 Å². The van der Waals surface area contributed by atoms with Crippen LogP contribution in [0.15, 0.2) is 12.1 Å². The number of hydrogen-bond acceptors (Lipinski definition) is 5. The van der Waals surface area contributed by atoms with Crippen molar-refractivity contribution < 1.29 is 25.2 Å². The summed E-state index contributed by atoms with van der Waals surface area (Å²) in [6.45, 7) is 0. The van der Waals surface area contributed by atoms with Crippen LogP contribution in [0.5, 0.6) is 17.2 Å². The molecule has 2 atom stereocenters. The van der Waals surface area contributed by atoms with Gasteiger partial charge in [0.2, 0.25) is 0 Å². The average Bonchev–Trinajstić information content (AvgIpc) is 2.71. The molecule has 6 nitrogen and oxygen atoms in total. The van der Waals surface area contributed by atoms with Gasteiger partial charge in [0.15, 0.2) is 17.2 Å². The topological polar surface area (TPSA) is 110 Å². The summed E-state index contributed by atoms with van der Waals surface area (Å²) in [5.41, 5.74) is 0.0295. The summed E-state index contributed by atoms with van der Waals surface area (Å²) in [4.78, 5) is 11.8. The highest BCUT2D eigenvalue weighted by Crippen LogP contribution is 2.35. The molecule has 0 aliphatic heterocycles. The molecule has 0 aromatic heterocycles. The van der Waals surface area contributed by atoms with E-state index in [4.69, 9.17) is 5.11 Å². The zero-order chi connectivity index (χ0) is 13.3. The van der Waals surface area contributed by atoms with Crippen LogP contribution < -0.4 is 5.32 Å². The van der Waals surface area contributed by atoms with Gasteiger partial charge in [-0.1, -0.05) is 0 Å². The van der Waals surface area contributed by atoms with Gasteiger partial charge in [-0.3, -0.25) is 4.79 Å². The third-order valence-corrected chi connectivity index (χ3v) is 3.13. The van der Waals surface area contributed by atoms with Crippen LogP contribution in [0.25, 0.3) is 0 Å². The Hall–Kier alpha value is -1.95. The summed E-state index contributed by atoms with van der Waals surface area (Å²) in [6, 6.07) is 1.81. The standard InChI is InChI=1S/C12H15NO5/c14-8-3-1-2-7(8)13-12(18)6-4-9(15)11(17)10(16)5-6/h4-5,7-8,14-17H,1-3H2,(H,13,18). The van der Waals surface area contributed by atoms with Crippen molar-refractivity contribution >= 4 is 5.91 Å². The summed E-state index contributed by atoms with van der Waals surface area (Å²) < 4.78 is 0. The summed E-state index contributed by atoms with van der Waals surface area (Å²) in [5, 5.41) is 40.0. The quantitative estimate of drug-likeness (QED) is 0.491. The Balaban J connectivity index is 2.14. The summed E-state index contributed by atoms with van der Waals surface area (Å²) in [7, 11) is 0. The van der Waals surface area contributed by atoms with Crippen molar-refractivity contribution in [2.45, 2.75) is 31.4 Å². The summed E-state index contributed by atoms with van der Waals surface area (Å²) in [6.07, 6.45) is 1.63. The summed E-state index contributed by atoms with van der Waals surface area (Å²) >= 11 is 0. The van der Waals surface area contributed by atoms with Crippen molar-refractivity contribution in [2.75, 3.05) is 0 Å². The molecule has 18 heavy (non-hydrogen) atoms. The maximum absolute atomic E-state index is 11.8. The molecule has 1 aromatic carbocycles. The highest BCUT2D eigenvalue weighted by molar-refractivity contribution is 5.95. The SMILES string of the molecule is O=C(NC1CCCC1O)c1cc(O)c(O)c(O)c1. The van der Waals surface area contributed by atoms with E-state index in [1.807, 2.05) is 0 Å². The minimum atomic E-state index is -0.660. The molecule has 1 fully saturated rings. The fourth-order valence-corrected chi connectivity index (χ4v) is 2.10. The Kier molecular flexibility index (Phi) is 3.29. The molecule has 0 bridgehead atoms. The smallest absolute Gasteiger partial charge is 0.251 e. The van der Waals surface area contributed by atoms with Gasteiger partial charge in [0, 0.05) is 5.56 Å². The monoisotopic (exact) mass is 253 g/mol. The van der Waals surface area contributed by atoms with E-state index in [0.29, 0.717) is 12.8 Å². The van der Waals surface area contributed by atoms with E-state index in [2.05, 4.69) is 5.32 Å². The number of carbonyl (C=O) groups is 1. The van der Waals surface area contributed by atoms with Crippen LogP contribution in [0, 0.1) is 0 Å². The molecule has 5 N–H and O–H groups in total. The third-order valence-electron chi connectivity index (χ3n) is 3.13. The lowest BCUT2D eigenvalue weighted by Crippen LogP contribution is -2.39. The number of benzene rings is 1. The Morgan fingerprint density at radius 1 is 1.17 bits per heavy atom. The van der Waals surface area contributed by atoms with Crippen molar-refractivity contribution in [3.05, 3.63) is 17.7 Å². The van der Waals surface area contributed by atoms with Crippen LogP contribution in [0.3, 0.4) is 0 Å². The van der Waals surface area contributed by atoms with Crippen LogP contribution in [0.2, 0.25) is 0 Å². The van der Waals surface area contributed by atoms with Gasteiger partial charge in [-0.2, -0.15) is 0 Å². The Morgan fingerprint density at radius 3 is 2.28 bits per heavy atom. The predicted molar refractivity (Wildman–Crippen MR) is 62.5 cm³/mol. The van der Waals surface area contributed by atoms with Gasteiger partial charge < -0.3 is 25.7 Å². The van der Waals surface area contributed by atoms with Crippen molar-refractivity contribution in [3.8, 4) is 17.2 Å². The lowest BCUT2D eigenvalue weighted by molar-refractivity contribution is 0.0872. The first-order valence-electron chi connectivity index (χ1n) is 5.73. The number of carbonyl (C=O) groups excluding carboxylic acids is 1. The van der Waals surface area contributed by atoms with Crippen molar-refractivity contribution in [1.82, 2.24) is 5.32 Å². The fourth-order valence-electron chi connectivity index (χ4n) is 2.10. The molecule has 0 spiro atoms. The number of aliphatic hydroxyl groups is 1. The molecule has 1 saturated carbocycles. The second-order valence-corrected chi connectivity index (χ2v) is 4.44. The number of hydrogen-bond donors (Lipinski definition) is 5. The van der Waals surface area contributed by atoms with Crippen LogP contribution >= 0.6 is 0 Å². The maximum atomic E-state index is 11.8. The van der Waals surface area contributed by atoms with E-state index < -0.39 is 29.3 Å². The number of rotatable bonds is 2. The Labute approximate surface area is 104 Å². The third kappa shape index (κ3) is 2.33. The highest BCUT2D eigenvalue weighted by Gasteiger charge is 2.27. The van der Waals surface area contributed by atoms with E-state index in [1.165, 1.54) is 0 Å². The number of amides is 1. The van der Waals surface area contributed by atoms with Crippen LogP contribution in [-0.2, 0) is 0 Å². The van der Waals surface area contributed by atoms with Gasteiger partial charge in [-0.05, 0) is 31.4 Å². The van der Waals surface area contributed by atoms with Crippen LogP contribution in [0.4, 0.5) is 0 Å². The zero-order valence-corrected chi connectivity index (χ0v) is 9.63. The second-order valence-electron chi connectivity index (χ2n) is 4.44. The van der Waals surface area contributed by atoms with Gasteiger partial charge in [0.25, 0.3) is 5.91 Å². The molecule has 0 heterocycles. The van der Waals surface area contributed by atoms with Crippen molar-refractivity contribution in [1.29, 1.82) is 0 Å². The first-order valence-corrected chi connectivity index (χ1v) is 5.73. The van der Waals surface area contributed by atoms with E-state index in [0.717, 1.165) is 18.6 Å². The highest BCUT2D eigenvalue weighted by atomic mass is 16.3. The number of aromatic hydroxyl groups is 3. The molecule has 1 aliphatic carbocycles. The van der Waals surface area contributed by atoms with Gasteiger partial charge in [-0.25, -0.2) is 0 Å². The van der Waals surface area contributed by atoms with E-state index in [1.54, 1.807) is 0 Å². The molecule has 2 rings (SSSR count). The van der Waals surface area contributed by atoms with Gasteiger partial charge in [-0.15, -0.1) is 0 Å². The fraction of sp³-hybridized carbons (Fsp3) is 0.417. The van der Waals surface area contributed by atoms with E-state index >= 15 is 0 Å². The molecule has 1 aliphatic rings. The minimum Gasteiger partial charge on any atom is -0.504 e. The van der Waals surface area contributed by atoms with Gasteiger partial charge >= 0.3 is 0 Å². The number of phenolic OH excluding ortho intramolecular Hbond substituents is 3. The Morgan fingerprint density at radius 2 is 1.78 bits per heavy atom. The second kappa shape index (κ2) is 4.73. The molecular weight excluding hydrogens is 238 g/mol. The normalized spacial score (nSPS) is 22.9. The lowest BCUT2D eigenvalue weighted by Gasteiger charge is -2.16. The number of phenols is 3. The first kappa shape index (κ1) is 12.5. The molecule has 6 heteroatoms. The molecular formula is C12H15NO5. The molecule has 1 aromatic rings. The van der Waals surface area contributed by atoms with Crippen molar-refractivity contribution in [2.24, 2.45) is 0 Å². The average molecular weight is 253 g/mol. The number of aliphatic hydroxyl groups excluding tert-OH is 1. The minimum absolute atomic E-state index is 0.0295. The maximum Gasteiger partial charge on any atom is 0.251 e. The zero-order valence-electron chi connectivity index (χ0n) is 9.63. The molecule has 1 amide bonds.